The first kappa shape index (κ1) is 13.4. The van der Waals surface area contributed by atoms with E-state index in [1.807, 2.05) is 0 Å². The van der Waals surface area contributed by atoms with E-state index in [9.17, 15) is 4.39 Å². The average molecular weight is 287 g/mol. The molecule has 0 atom stereocenters. The zero-order valence-corrected chi connectivity index (χ0v) is 11.2. The number of fused-ring (bicyclic) bond motifs is 1. The van der Waals surface area contributed by atoms with Gasteiger partial charge in [0.1, 0.15) is 5.82 Å². The number of para-hydroxylation sites is 1. The van der Waals surface area contributed by atoms with Gasteiger partial charge in [0.2, 0.25) is 0 Å². The van der Waals surface area contributed by atoms with E-state index in [-0.39, 0.29) is 5.82 Å². The molecule has 0 bridgehead atoms. The molecule has 0 amide bonds. The van der Waals surface area contributed by atoms with Gasteiger partial charge in [-0.05, 0) is 47.7 Å². The summed E-state index contributed by atoms with van der Waals surface area (Å²) in [6, 6.07) is 10.0. The van der Waals surface area contributed by atoms with Gasteiger partial charge >= 0.3 is 0 Å². The number of hydrogen-bond donors (Lipinski definition) is 1. The molecule has 1 aromatic carbocycles. The lowest BCUT2D eigenvalue weighted by Crippen LogP contribution is -2.23. The van der Waals surface area contributed by atoms with E-state index >= 15 is 0 Å². The van der Waals surface area contributed by atoms with Crippen molar-refractivity contribution in [2.75, 3.05) is 18.0 Å². The molecule has 0 aliphatic heterocycles. The van der Waals surface area contributed by atoms with E-state index in [1.165, 1.54) is 10.7 Å². The minimum absolute atomic E-state index is 0.312. The molecule has 21 heavy (non-hydrogen) atoms. The topological polar surface area (TPSA) is 85.2 Å². The van der Waals surface area contributed by atoms with Crippen molar-refractivity contribution in [3.05, 3.63) is 42.2 Å². The highest BCUT2D eigenvalue weighted by Crippen LogP contribution is 2.26. The van der Waals surface area contributed by atoms with E-state index in [4.69, 9.17) is 5.73 Å². The van der Waals surface area contributed by atoms with Crippen LogP contribution in [0.5, 0.6) is 0 Å². The van der Waals surface area contributed by atoms with Gasteiger partial charge in [0, 0.05) is 6.54 Å². The largest absolute Gasteiger partial charge is 0.330 e. The predicted octanol–water partition coefficient (Wildman–Crippen LogP) is 1.15. The lowest BCUT2D eigenvalue weighted by molar-refractivity contribution is 0.621. The Labute approximate surface area is 120 Å². The van der Waals surface area contributed by atoms with E-state index in [1.54, 1.807) is 35.2 Å². The molecule has 0 aliphatic carbocycles. The number of anilines is 2. The Hall–Kier alpha value is -2.61. The van der Waals surface area contributed by atoms with E-state index in [0.717, 1.165) is 0 Å². The summed E-state index contributed by atoms with van der Waals surface area (Å²) < 4.78 is 15.4. The summed E-state index contributed by atoms with van der Waals surface area (Å²) in [6.07, 6.45) is 0.712. The van der Waals surface area contributed by atoms with Gasteiger partial charge in [-0.2, -0.15) is 0 Å². The van der Waals surface area contributed by atoms with Crippen molar-refractivity contribution in [3.63, 3.8) is 0 Å². The van der Waals surface area contributed by atoms with Crippen LogP contribution in [-0.4, -0.2) is 38.3 Å². The zero-order valence-electron chi connectivity index (χ0n) is 11.2. The summed E-state index contributed by atoms with van der Waals surface area (Å²) in [5, 5.41) is 15.4. The molecule has 3 rings (SSSR count). The molecule has 3 aromatic rings. The second-order valence-electron chi connectivity index (χ2n) is 4.46. The molecule has 0 fully saturated rings. The molecule has 2 N–H and O–H groups in total. The average Bonchev–Trinajstić information content (AvgIpc) is 2.97. The highest BCUT2D eigenvalue weighted by atomic mass is 19.1. The third-order valence-electron chi connectivity index (χ3n) is 3.06. The Kier molecular flexibility index (Phi) is 3.69. The van der Waals surface area contributed by atoms with Crippen LogP contribution < -0.4 is 10.6 Å². The van der Waals surface area contributed by atoms with Gasteiger partial charge in [0.05, 0.1) is 5.69 Å². The number of aromatic nitrogens is 5. The Morgan fingerprint density at radius 1 is 1.19 bits per heavy atom. The van der Waals surface area contributed by atoms with Crippen LogP contribution in [0.1, 0.15) is 6.42 Å². The second kappa shape index (κ2) is 5.80. The van der Waals surface area contributed by atoms with Crippen LogP contribution in [-0.2, 0) is 0 Å². The van der Waals surface area contributed by atoms with Gasteiger partial charge in [-0.15, -0.1) is 14.8 Å². The number of hydrogen-bond acceptors (Lipinski definition) is 6. The third kappa shape index (κ3) is 2.65. The van der Waals surface area contributed by atoms with Crippen LogP contribution in [0.15, 0.2) is 36.4 Å². The highest BCUT2D eigenvalue weighted by molar-refractivity contribution is 5.61. The number of rotatable bonds is 5. The normalized spacial score (nSPS) is 11.0. The summed E-state index contributed by atoms with van der Waals surface area (Å²) in [6.45, 7) is 1.07. The highest BCUT2D eigenvalue weighted by Gasteiger charge is 2.15. The molecule has 0 unspecified atom stereocenters. The first-order valence-corrected chi connectivity index (χ1v) is 6.57. The molecule has 7 nitrogen and oxygen atoms in total. The molecule has 0 saturated heterocycles. The van der Waals surface area contributed by atoms with Gasteiger partial charge in [0.25, 0.3) is 0 Å². The van der Waals surface area contributed by atoms with E-state index in [0.29, 0.717) is 36.7 Å². The molecule has 0 aliphatic rings. The van der Waals surface area contributed by atoms with Crippen LogP contribution in [0, 0.1) is 5.82 Å². The van der Waals surface area contributed by atoms with Crippen molar-refractivity contribution >= 4 is 17.2 Å². The van der Waals surface area contributed by atoms with Gasteiger partial charge < -0.3 is 10.6 Å². The van der Waals surface area contributed by atoms with Crippen LogP contribution in [0.3, 0.4) is 0 Å². The first-order valence-electron chi connectivity index (χ1n) is 6.57. The first-order chi connectivity index (χ1) is 10.3. The lowest BCUT2D eigenvalue weighted by Gasteiger charge is -2.23. The zero-order chi connectivity index (χ0) is 14.7. The number of nitrogens with two attached hydrogens (primary N) is 1. The van der Waals surface area contributed by atoms with Crippen molar-refractivity contribution in [1.82, 2.24) is 25.3 Å². The minimum atomic E-state index is -0.312. The number of benzene rings is 1. The molecule has 0 spiro atoms. The fourth-order valence-electron chi connectivity index (χ4n) is 2.06. The monoisotopic (exact) mass is 287 g/mol. The standard InChI is InChI=1S/C13H14FN7/c14-10-4-1-2-5-11(10)20(9-3-8-15)13-7-6-12-16-18-19-21(12)17-13/h1-2,4-7H,3,8-9,15H2. The van der Waals surface area contributed by atoms with E-state index < -0.39 is 0 Å². The number of halogens is 1. The minimum Gasteiger partial charge on any atom is -0.330 e. The van der Waals surface area contributed by atoms with Crippen molar-refractivity contribution in [2.45, 2.75) is 6.42 Å². The third-order valence-corrected chi connectivity index (χ3v) is 3.06. The van der Waals surface area contributed by atoms with Crippen molar-refractivity contribution in [3.8, 4) is 0 Å². The van der Waals surface area contributed by atoms with Crippen LogP contribution >= 0.6 is 0 Å². The predicted molar refractivity (Wildman–Crippen MR) is 75.7 cm³/mol. The van der Waals surface area contributed by atoms with Crippen molar-refractivity contribution < 1.29 is 4.39 Å². The molecule has 0 saturated carbocycles. The van der Waals surface area contributed by atoms with Crippen molar-refractivity contribution in [1.29, 1.82) is 0 Å². The maximum atomic E-state index is 14.1. The van der Waals surface area contributed by atoms with E-state index in [2.05, 4.69) is 20.6 Å². The summed E-state index contributed by atoms with van der Waals surface area (Å²) in [7, 11) is 0. The van der Waals surface area contributed by atoms with Crippen molar-refractivity contribution in [2.24, 2.45) is 5.73 Å². The number of tetrazole rings is 1. The van der Waals surface area contributed by atoms with Gasteiger partial charge in [-0.3, -0.25) is 0 Å². The second-order valence-corrected chi connectivity index (χ2v) is 4.46. The van der Waals surface area contributed by atoms with Crippen LogP contribution in [0.4, 0.5) is 15.9 Å². The fourth-order valence-corrected chi connectivity index (χ4v) is 2.06. The number of nitrogens with zero attached hydrogens (tertiary/aromatic N) is 6. The molecule has 108 valence electrons. The summed E-state index contributed by atoms with van der Waals surface area (Å²) in [4.78, 5) is 1.77. The Bertz CT molecular complexity index is 742. The molecule has 0 radical (unpaired) electrons. The molecule has 2 heterocycles. The molecular formula is C13H14FN7. The van der Waals surface area contributed by atoms with Crippen LogP contribution in [0.25, 0.3) is 5.65 Å². The Balaban J connectivity index is 2.03. The van der Waals surface area contributed by atoms with Gasteiger partial charge in [-0.1, -0.05) is 12.1 Å². The molecule has 2 aromatic heterocycles. The summed E-state index contributed by atoms with van der Waals surface area (Å²) >= 11 is 0. The van der Waals surface area contributed by atoms with Gasteiger partial charge in [0.15, 0.2) is 11.5 Å². The fraction of sp³-hybridized carbons (Fsp3) is 0.231. The Morgan fingerprint density at radius 3 is 2.86 bits per heavy atom. The smallest absolute Gasteiger partial charge is 0.200 e. The van der Waals surface area contributed by atoms with Gasteiger partial charge in [-0.25, -0.2) is 4.39 Å². The van der Waals surface area contributed by atoms with Crippen LogP contribution in [0.2, 0.25) is 0 Å². The SMILES string of the molecule is NCCCN(c1ccc2nnnn2n1)c1ccccc1F. The summed E-state index contributed by atoms with van der Waals surface area (Å²) in [5.41, 5.74) is 6.55. The lowest BCUT2D eigenvalue weighted by atomic mass is 10.2. The summed E-state index contributed by atoms with van der Waals surface area (Å²) in [5.74, 6) is 0.251. The maximum Gasteiger partial charge on any atom is 0.200 e. The molecule has 8 heteroatoms. The quantitative estimate of drug-likeness (QED) is 0.757. The Morgan fingerprint density at radius 2 is 2.05 bits per heavy atom. The molecular weight excluding hydrogens is 273 g/mol. The maximum absolute atomic E-state index is 14.1.